The molecular formula is C11H16N2O. The molecule has 1 saturated heterocycles. The largest absolute Gasteiger partial charge is 0.606 e. The molecule has 3 heteroatoms. The Kier molecular flexibility index (Phi) is 2.10. The molecule has 0 amide bonds. The zero-order valence-electron chi connectivity index (χ0n) is 8.66. The van der Waals surface area contributed by atoms with Gasteiger partial charge in [0.1, 0.15) is 6.54 Å². The fraction of sp³-hybridized carbons (Fsp3) is 0.455. The Labute approximate surface area is 84.5 Å². The molecule has 1 unspecified atom stereocenters. The van der Waals surface area contributed by atoms with Crippen molar-refractivity contribution >= 4 is 5.69 Å². The van der Waals surface area contributed by atoms with Crippen molar-refractivity contribution in [2.24, 2.45) is 5.41 Å². The quantitative estimate of drug-likeness (QED) is 0.546. The van der Waals surface area contributed by atoms with Crippen LogP contribution in [0.2, 0.25) is 0 Å². The fourth-order valence-electron chi connectivity index (χ4n) is 1.91. The van der Waals surface area contributed by atoms with Crippen molar-refractivity contribution < 1.29 is 0 Å². The summed E-state index contributed by atoms with van der Waals surface area (Å²) in [4.78, 5) is 0. The first-order chi connectivity index (χ1) is 6.52. The monoisotopic (exact) mass is 192 g/mol. The van der Waals surface area contributed by atoms with Crippen LogP contribution in [0.1, 0.15) is 13.8 Å². The Morgan fingerprint density at radius 1 is 1.29 bits per heavy atom. The molecule has 0 saturated carbocycles. The molecular weight excluding hydrogens is 176 g/mol. The zero-order chi connectivity index (χ0) is 10.2. The molecule has 1 N–H and O–H groups in total. The highest BCUT2D eigenvalue weighted by Gasteiger charge is 2.38. The van der Waals surface area contributed by atoms with Crippen LogP contribution in [0.15, 0.2) is 30.3 Å². The molecule has 2 rings (SSSR count). The summed E-state index contributed by atoms with van der Waals surface area (Å²) in [6.07, 6.45) is 0. The molecule has 1 aromatic carbocycles. The normalized spacial score (nSPS) is 30.5. The molecule has 0 spiro atoms. The molecule has 1 aromatic rings. The lowest BCUT2D eigenvalue weighted by atomic mass is 9.95. The SMILES string of the molecule is CC1(C)CN[N+]([O-])(c2ccccc2)C1. The number of para-hydroxylation sites is 1. The third-order valence-corrected chi connectivity index (χ3v) is 2.64. The van der Waals surface area contributed by atoms with Crippen molar-refractivity contribution in [3.8, 4) is 0 Å². The van der Waals surface area contributed by atoms with Gasteiger partial charge in [0.2, 0.25) is 0 Å². The summed E-state index contributed by atoms with van der Waals surface area (Å²) in [6, 6.07) is 9.49. The maximum Gasteiger partial charge on any atom is 0.152 e. The van der Waals surface area contributed by atoms with Crippen LogP contribution in [0.3, 0.4) is 0 Å². The van der Waals surface area contributed by atoms with E-state index in [1.807, 2.05) is 30.3 Å². The Morgan fingerprint density at radius 3 is 2.43 bits per heavy atom. The predicted octanol–water partition coefficient (Wildman–Crippen LogP) is 2.04. The Balaban J connectivity index is 2.27. The van der Waals surface area contributed by atoms with Gasteiger partial charge in [-0.05, 0) is 0 Å². The molecule has 1 aliphatic heterocycles. The summed E-state index contributed by atoms with van der Waals surface area (Å²) >= 11 is 0. The first-order valence-electron chi connectivity index (χ1n) is 4.92. The van der Waals surface area contributed by atoms with Crippen molar-refractivity contribution in [2.75, 3.05) is 13.1 Å². The average Bonchev–Trinajstić information content (AvgIpc) is 2.44. The van der Waals surface area contributed by atoms with E-state index in [2.05, 4.69) is 19.3 Å². The van der Waals surface area contributed by atoms with Gasteiger partial charge in [-0.3, -0.25) is 0 Å². The van der Waals surface area contributed by atoms with Crippen molar-refractivity contribution in [1.29, 1.82) is 0 Å². The van der Waals surface area contributed by atoms with Gasteiger partial charge < -0.3 is 5.21 Å². The van der Waals surface area contributed by atoms with Gasteiger partial charge in [-0.1, -0.05) is 32.0 Å². The van der Waals surface area contributed by atoms with E-state index in [9.17, 15) is 5.21 Å². The van der Waals surface area contributed by atoms with Crippen LogP contribution in [0.4, 0.5) is 5.69 Å². The minimum atomic E-state index is -0.395. The summed E-state index contributed by atoms with van der Waals surface area (Å²) in [6.45, 7) is 5.59. The van der Waals surface area contributed by atoms with Crippen LogP contribution < -0.4 is 10.2 Å². The van der Waals surface area contributed by atoms with Crippen LogP contribution >= 0.6 is 0 Å². The number of hydrogen-bond acceptors (Lipinski definition) is 2. The van der Waals surface area contributed by atoms with Crippen molar-refractivity contribution in [1.82, 2.24) is 10.2 Å². The summed E-state index contributed by atoms with van der Waals surface area (Å²) in [7, 11) is 0. The van der Waals surface area contributed by atoms with Gasteiger partial charge >= 0.3 is 0 Å². The highest BCUT2D eigenvalue weighted by Crippen LogP contribution is 2.31. The summed E-state index contributed by atoms with van der Waals surface area (Å²) < 4.78 is -0.395. The Bertz CT molecular complexity index is 323. The molecule has 3 nitrogen and oxygen atoms in total. The van der Waals surface area contributed by atoms with Gasteiger partial charge in [0.05, 0.1) is 6.54 Å². The van der Waals surface area contributed by atoms with Gasteiger partial charge in [0.25, 0.3) is 0 Å². The summed E-state index contributed by atoms with van der Waals surface area (Å²) in [5, 5.41) is 12.3. The molecule has 1 fully saturated rings. The summed E-state index contributed by atoms with van der Waals surface area (Å²) in [5.74, 6) is 0. The number of nitrogens with one attached hydrogen (secondary N) is 1. The number of rotatable bonds is 1. The van der Waals surface area contributed by atoms with Gasteiger partial charge in [-0.15, -0.1) is 0 Å². The van der Waals surface area contributed by atoms with E-state index in [-0.39, 0.29) is 5.41 Å². The lowest BCUT2D eigenvalue weighted by Gasteiger charge is -2.37. The van der Waals surface area contributed by atoms with E-state index in [0.717, 1.165) is 12.2 Å². The summed E-state index contributed by atoms with van der Waals surface area (Å²) in [5.41, 5.74) is 3.89. The van der Waals surface area contributed by atoms with Crippen LogP contribution in [0.5, 0.6) is 0 Å². The van der Waals surface area contributed by atoms with Crippen LogP contribution in [-0.2, 0) is 0 Å². The molecule has 0 aromatic heterocycles. The molecule has 0 bridgehead atoms. The second-order valence-corrected chi connectivity index (χ2v) is 4.73. The standard InChI is InChI=1S/C11H16N2O/c1-11(2)8-12-13(14,9-11)10-6-4-3-5-7-10/h3-7,12H,8-9H2,1-2H3. The minimum Gasteiger partial charge on any atom is -0.606 e. The molecule has 0 radical (unpaired) electrons. The van der Waals surface area contributed by atoms with E-state index in [4.69, 9.17) is 0 Å². The lowest BCUT2D eigenvalue weighted by Crippen LogP contribution is -2.49. The molecule has 1 heterocycles. The van der Waals surface area contributed by atoms with Crippen LogP contribution in [-0.4, -0.2) is 13.1 Å². The van der Waals surface area contributed by atoms with E-state index in [0.29, 0.717) is 6.54 Å². The second-order valence-electron chi connectivity index (χ2n) is 4.73. The predicted molar refractivity (Wildman–Crippen MR) is 58.3 cm³/mol. The van der Waals surface area contributed by atoms with Crippen molar-refractivity contribution in [3.63, 3.8) is 0 Å². The van der Waals surface area contributed by atoms with E-state index in [1.165, 1.54) is 0 Å². The van der Waals surface area contributed by atoms with Gasteiger partial charge in [0.15, 0.2) is 5.69 Å². The van der Waals surface area contributed by atoms with Crippen molar-refractivity contribution in [3.05, 3.63) is 35.5 Å². The van der Waals surface area contributed by atoms with Gasteiger partial charge in [0, 0.05) is 17.5 Å². The number of hydrogen-bond donors (Lipinski definition) is 1. The number of hydroxylamine groups is 1. The average molecular weight is 192 g/mol. The Hall–Kier alpha value is -0.900. The smallest absolute Gasteiger partial charge is 0.152 e. The molecule has 0 aliphatic carbocycles. The number of benzene rings is 1. The third kappa shape index (κ3) is 1.66. The zero-order valence-corrected chi connectivity index (χ0v) is 8.66. The molecule has 1 aliphatic rings. The van der Waals surface area contributed by atoms with E-state index in [1.54, 1.807) is 0 Å². The van der Waals surface area contributed by atoms with Crippen LogP contribution in [0, 0.1) is 10.6 Å². The lowest BCUT2D eigenvalue weighted by molar-refractivity contribution is 0.327. The van der Waals surface area contributed by atoms with E-state index < -0.39 is 4.76 Å². The highest BCUT2D eigenvalue weighted by molar-refractivity contribution is 5.43. The first kappa shape index (κ1) is 9.65. The first-order valence-corrected chi connectivity index (χ1v) is 4.92. The van der Waals surface area contributed by atoms with Gasteiger partial charge in [-0.2, -0.15) is 5.43 Å². The third-order valence-electron chi connectivity index (χ3n) is 2.64. The Morgan fingerprint density at radius 2 is 1.93 bits per heavy atom. The minimum absolute atomic E-state index is 0.0809. The molecule has 76 valence electrons. The topological polar surface area (TPSA) is 35.1 Å². The van der Waals surface area contributed by atoms with E-state index >= 15 is 0 Å². The van der Waals surface area contributed by atoms with Gasteiger partial charge in [-0.25, -0.2) is 4.76 Å². The molecule has 1 atom stereocenters. The van der Waals surface area contributed by atoms with Crippen LogP contribution in [0.25, 0.3) is 0 Å². The second kappa shape index (κ2) is 3.05. The number of nitrogens with zero attached hydrogens (tertiary/aromatic N) is 1. The maximum absolute atomic E-state index is 12.3. The maximum atomic E-state index is 12.3. The number of quaternary nitrogens is 1. The van der Waals surface area contributed by atoms with Crippen molar-refractivity contribution in [2.45, 2.75) is 13.8 Å². The fourth-order valence-corrected chi connectivity index (χ4v) is 1.91. The highest BCUT2D eigenvalue weighted by atomic mass is 16.6. The molecule has 14 heavy (non-hydrogen) atoms.